The van der Waals surface area contributed by atoms with Crippen molar-refractivity contribution in [2.45, 2.75) is 31.7 Å². The van der Waals surface area contributed by atoms with Gasteiger partial charge in [0.05, 0.1) is 6.04 Å². The van der Waals surface area contributed by atoms with Crippen molar-refractivity contribution in [3.63, 3.8) is 0 Å². The average Bonchev–Trinajstić information content (AvgIpc) is 2.54. The Bertz CT molecular complexity index is 597. The number of aryl methyl sites for hydroxylation is 1. The molecule has 0 saturated carbocycles. The van der Waals surface area contributed by atoms with Gasteiger partial charge in [0.15, 0.2) is 0 Å². The maximum Gasteiger partial charge on any atom is 0.0522 e. The summed E-state index contributed by atoms with van der Waals surface area (Å²) < 4.78 is 0. The Morgan fingerprint density at radius 2 is 1.90 bits per heavy atom. The van der Waals surface area contributed by atoms with Crippen LogP contribution < -0.4 is 5.32 Å². The molecule has 0 saturated heterocycles. The first-order chi connectivity index (χ1) is 9.81. The Hall–Kier alpha value is -2.02. The van der Waals surface area contributed by atoms with Crippen molar-refractivity contribution in [1.82, 2.24) is 0 Å². The predicted molar refractivity (Wildman–Crippen MR) is 86.2 cm³/mol. The summed E-state index contributed by atoms with van der Waals surface area (Å²) in [5.74, 6) is 0.434. The molecular weight excluding hydrogens is 242 g/mol. The number of benzene rings is 2. The van der Waals surface area contributed by atoms with E-state index < -0.39 is 0 Å². The molecule has 0 bridgehead atoms. The molecule has 1 heteroatoms. The van der Waals surface area contributed by atoms with Crippen LogP contribution in [0.1, 0.15) is 42.0 Å². The molecule has 0 spiro atoms. The minimum absolute atomic E-state index is 0.374. The molecular formula is C19H21N. The predicted octanol–water partition coefficient (Wildman–Crippen LogP) is 5.08. The summed E-state index contributed by atoms with van der Waals surface area (Å²) in [7, 11) is 0. The Balaban J connectivity index is 1.91. The second-order valence-corrected chi connectivity index (χ2v) is 5.46. The lowest BCUT2D eigenvalue weighted by molar-refractivity contribution is 0.616. The largest absolute Gasteiger partial charge is 0.378 e. The van der Waals surface area contributed by atoms with Crippen LogP contribution in [0.4, 0.5) is 5.69 Å². The van der Waals surface area contributed by atoms with Gasteiger partial charge in [0.2, 0.25) is 0 Å². The Kier molecular flexibility index (Phi) is 3.60. The molecule has 1 nitrogen and oxygen atoms in total. The van der Waals surface area contributed by atoms with E-state index in [1.807, 2.05) is 0 Å². The van der Waals surface area contributed by atoms with E-state index in [4.69, 9.17) is 0 Å². The third-order valence-electron chi connectivity index (χ3n) is 4.25. The number of rotatable bonds is 3. The Morgan fingerprint density at radius 3 is 2.60 bits per heavy atom. The molecule has 0 radical (unpaired) electrons. The minimum Gasteiger partial charge on any atom is -0.378 e. The minimum atomic E-state index is 0.374. The van der Waals surface area contributed by atoms with E-state index >= 15 is 0 Å². The first kappa shape index (κ1) is 13.0. The zero-order chi connectivity index (χ0) is 13.9. The molecule has 0 amide bonds. The molecule has 2 aromatic rings. The van der Waals surface area contributed by atoms with Crippen molar-refractivity contribution in [3.8, 4) is 0 Å². The lowest BCUT2D eigenvalue weighted by Crippen LogP contribution is -2.20. The quantitative estimate of drug-likeness (QED) is 0.762. The second-order valence-electron chi connectivity index (χ2n) is 5.46. The number of allylic oxidation sites excluding steroid dienone is 1. The number of hydrogen-bond donors (Lipinski definition) is 1. The smallest absolute Gasteiger partial charge is 0.0522 e. The van der Waals surface area contributed by atoms with Crippen LogP contribution in [0.5, 0.6) is 0 Å². The third-order valence-corrected chi connectivity index (χ3v) is 4.25. The molecule has 2 atom stereocenters. The summed E-state index contributed by atoms with van der Waals surface area (Å²) in [6.45, 7) is 6.20. The van der Waals surface area contributed by atoms with Gasteiger partial charge in [-0.25, -0.2) is 0 Å². The molecule has 1 heterocycles. The van der Waals surface area contributed by atoms with Crippen LogP contribution in [-0.4, -0.2) is 0 Å². The van der Waals surface area contributed by atoms with Crippen LogP contribution in [0.2, 0.25) is 0 Å². The number of para-hydroxylation sites is 1. The summed E-state index contributed by atoms with van der Waals surface area (Å²) in [4.78, 5) is 0. The van der Waals surface area contributed by atoms with Crippen molar-refractivity contribution in [2.24, 2.45) is 0 Å². The highest BCUT2D eigenvalue weighted by Gasteiger charge is 2.25. The van der Waals surface area contributed by atoms with Crippen molar-refractivity contribution >= 4 is 5.69 Å². The first-order valence-electron chi connectivity index (χ1n) is 7.38. The highest BCUT2D eigenvalue weighted by molar-refractivity contribution is 5.57. The molecule has 2 aromatic carbocycles. The first-order valence-corrected chi connectivity index (χ1v) is 7.38. The molecule has 0 aliphatic carbocycles. The van der Waals surface area contributed by atoms with Crippen molar-refractivity contribution in [3.05, 3.63) is 77.9 Å². The highest BCUT2D eigenvalue weighted by atomic mass is 14.9. The summed E-state index contributed by atoms with van der Waals surface area (Å²) in [5, 5.41) is 3.67. The molecule has 3 rings (SSSR count). The maximum atomic E-state index is 4.01. The van der Waals surface area contributed by atoms with Crippen molar-refractivity contribution < 1.29 is 0 Å². The molecule has 1 aliphatic rings. The molecule has 1 aliphatic heterocycles. The third kappa shape index (κ3) is 2.36. The van der Waals surface area contributed by atoms with Gasteiger partial charge in [0, 0.05) is 11.6 Å². The molecule has 102 valence electrons. The number of nitrogens with one attached hydrogen (secondary N) is 1. The fourth-order valence-corrected chi connectivity index (χ4v) is 3.01. The molecule has 0 fully saturated rings. The number of hydrogen-bond acceptors (Lipinski definition) is 1. The molecule has 0 aromatic heterocycles. The summed E-state index contributed by atoms with van der Waals surface area (Å²) in [6.07, 6.45) is 4.25. The van der Waals surface area contributed by atoms with E-state index in [9.17, 15) is 0 Å². The fourth-order valence-electron chi connectivity index (χ4n) is 3.01. The average molecular weight is 263 g/mol. The van der Waals surface area contributed by atoms with Crippen LogP contribution in [0.3, 0.4) is 0 Å². The van der Waals surface area contributed by atoms with E-state index in [2.05, 4.69) is 73.4 Å². The van der Waals surface area contributed by atoms with Gasteiger partial charge in [-0.2, -0.15) is 0 Å². The van der Waals surface area contributed by atoms with Gasteiger partial charge in [0.1, 0.15) is 0 Å². The van der Waals surface area contributed by atoms with E-state index in [0.29, 0.717) is 12.0 Å². The molecule has 20 heavy (non-hydrogen) atoms. The maximum absolute atomic E-state index is 4.01. The summed E-state index contributed by atoms with van der Waals surface area (Å²) >= 11 is 0. The molecule has 0 unspecified atom stereocenters. The van der Waals surface area contributed by atoms with E-state index in [-0.39, 0.29) is 0 Å². The summed E-state index contributed by atoms with van der Waals surface area (Å²) in [6, 6.07) is 17.9. The monoisotopic (exact) mass is 263 g/mol. The van der Waals surface area contributed by atoms with Gasteiger partial charge in [-0.1, -0.05) is 55.5 Å². The van der Waals surface area contributed by atoms with Crippen molar-refractivity contribution in [1.29, 1.82) is 0 Å². The Labute approximate surface area is 121 Å². The molecule has 1 N–H and O–H groups in total. The lowest BCUT2D eigenvalue weighted by atomic mass is 9.84. The summed E-state index contributed by atoms with van der Waals surface area (Å²) in [5.41, 5.74) is 5.37. The van der Waals surface area contributed by atoms with Gasteiger partial charge in [0.25, 0.3) is 0 Å². The van der Waals surface area contributed by atoms with Crippen LogP contribution in [0.15, 0.2) is 61.2 Å². The van der Waals surface area contributed by atoms with E-state index in [0.717, 1.165) is 12.8 Å². The number of fused-ring (bicyclic) bond motifs is 1. The van der Waals surface area contributed by atoms with Crippen LogP contribution in [0, 0.1) is 0 Å². The zero-order valence-electron chi connectivity index (χ0n) is 12.0. The topological polar surface area (TPSA) is 12.0 Å². The van der Waals surface area contributed by atoms with Gasteiger partial charge in [-0.3, -0.25) is 0 Å². The van der Waals surface area contributed by atoms with Gasteiger partial charge in [-0.15, -0.1) is 6.58 Å². The van der Waals surface area contributed by atoms with Crippen LogP contribution in [0.25, 0.3) is 0 Å². The lowest BCUT2D eigenvalue weighted by Gasteiger charge is -2.32. The fraction of sp³-hybridized carbons (Fsp3) is 0.263. The van der Waals surface area contributed by atoms with Gasteiger partial charge >= 0.3 is 0 Å². The van der Waals surface area contributed by atoms with Crippen molar-refractivity contribution in [2.75, 3.05) is 5.32 Å². The van der Waals surface area contributed by atoms with E-state index in [1.54, 1.807) is 0 Å². The second kappa shape index (κ2) is 5.54. The number of anilines is 1. The van der Waals surface area contributed by atoms with Crippen LogP contribution >= 0.6 is 0 Å². The normalized spacial score (nSPS) is 20.9. The van der Waals surface area contributed by atoms with Crippen LogP contribution in [-0.2, 0) is 6.42 Å². The standard InChI is InChI=1S/C19H21N/c1-3-14-9-11-16(12-10-14)19-13-15(4-2)17-7-5-6-8-18(17)20-19/h4-12,15,19-20H,2-3,13H2,1H3/t15-,19-/m0/s1. The highest BCUT2D eigenvalue weighted by Crippen LogP contribution is 2.40. The van der Waals surface area contributed by atoms with Gasteiger partial charge in [-0.05, 0) is 35.6 Å². The Morgan fingerprint density at radius 1 is 1.15 bits per heavy atom. The zero-order valence-corrected chi connectivity index (χ0v) is 12.0. The SMILES string of the molecule is C=C[C@H]1C[C@@H](c2ccc(CC)cc2)Nc2ccccc21. The van der Waals surface area contributed by atoms with E-state index in [1.165, 1.54) is 22.4 Å². The van der Waals surface area contributed by atoms with Gasteiger partial charge < -0.3 is 5.32 Å².